The third-order valence-corrected chi connectivity index (χ3v) is 3.87. The van der Waals surface area contributed by atoms with E-state index in [4.69, 9.17) is 0 Å². The van der Waals surface area contributed by atoms with Crippen molar-refractivity contribution < 1.29 is 0 Å². The van der Waals surface area contributed by atoms with Gasteiger partial charge in [0.15, 0.2) is 0 Å². The topological polar surface area (TPSA) is 29.0 Å². The summed E-state index contributed by atoms with van der Waals surface area (Å²) in [5, 5.41) is 0.750. The fourth-order valence-electron chi connectivity index (χ4n) is 1.60. The average Bonchev–Trinajstić information content (AvgIpc) is 2.67. The van der Waals surface area contributed by atoms with Crippen LogP contribution in [-0.4, -0.2) is 34.6 Å². The third-order valence-electron chi connectivity index (χ3n) is 2.41. The normalized spacial score (nSPS) is 21.6. The van der Waals surface area contributed by atoms with E-state index in [0.29, 0.717) is 0 Å². The molecule has 0 aliphatic carbocycles. The van der Waals surface area contributed by atoms with Gasteiger partial charge in [0.2, 0.25) is 0 Å². The summed E-state index contributed by atoms with van der Waals surface area (Å²) in [6, 6.07) is 0. The van der Waals surface area contributed by atoms with Gasteiger partial charge in [0.05, 0.1) is 12.4 Å². The molecule has 1 saturated heterocycles. The summed E-state index contributed by atoms with van der Waals surface area (Å²) < 4.78 is 0.793. The molecule has 14 heavy (non-hydrogen) atoms. The monoisotopic (exact) mass is 273 g/mol. The summed E-state index contributed by atoms with van der Waals surface area (Å²) in [5.74, 6) is 0.991. The number of rotatable bonds is 2. The summed E-state index contributed by atoms with van der Waals surface area (Å²) in [5.41, 5.74) is 0. The first-order valence-corrected chi connectivity index (χ1v) is 6.63. The molecule has 76 valence electrons. The van der Waals surface area contributed by atoms with Gasteiger partial charge in [0.25, 0.3) is 0 Å². The largest absolute Gasteiger partial charge is 0.354 e. The van der Waals surface area contributed by atoms with Crippen LogP contribution in [0.3, 0.4) is 0 Å². The van der Waals surface area contributed by atoms with Gasteiger partial charge in [-0.05, 0) is 28.6 Å². The maximum Gasteiger partial charge on any atom is 0.147 e. The van der Waals surface area contributed by atoms with E-state index in [1.165, 1.54) is 6.42 Å². The van der Waals surface area contributed by atoms with Crippen LogP contribution < -0.4 is 4.90 Å². The number of nitrogens with zero attached hydrogens (tertiary/aromatic N) is 3. The predicted molar refractivity (Wildman–Crippen MR) is 63.9 cm³/mol. The molecule has 0 N–H and O–H groups in total. The Kier molecular flexibility index (Phi) is 3.28. The van der Waals surface area contributed by atoms with Crippen molar-refractivity contribution in [3.05, 3.63) is 17.0 Å². The summed E-state index contributed by atoms with van der Waals surface area (Å²) in [4.78, 5) is 10.8. The summed E-state index contributed by atoms with van der Waals surface area (Å²) in [6.45, 7) is 2.19. The van der Waals surface area contributed by atoms with Crippen LogP contribution in [0.5, 0.6) is 0 Å². The SMILES string of the molecule is CSC1CCN(c2cnc(Br)cn2)C1. The van der Waals surface area contributed by atoms with Gasteiger partial charge < -0.3 is 4.90 Å². The maximum absolute atomic E-state index is 4.34. The molecular formula is C9H12BrN3S. The standard InChI is InChI=1S/C9H12BrN3S/c1-14-7-2-3-13(6-7)9-5-11-8(10)4-12-9/h4-5,7H,2-3,6H2,1H3. The molecule has 1 aromatic rings. The predicted octanol–water partition coefficient (Wildman–Crippen LogP) is 2.18. The van der Waals surface area contributed by atoms with Crippen molar-refractivity contribution in [2.24, 2.45) is 0 Å². The molecule has 2 rings (SSSR count). The number of hydrogen-bond acceptors (Lipinski definition) is 4. The fourth-order valence-corrected chi connectivity index (χ4v) is 2.47. The van der Waals surface area contributed by atoms with Gasteiger partial charge in [-0.15, -0.1) is 0 Å². The molecule has 1 aliphatic heterocycles. The number of thioether (sulfide) groups is 1. The Balaban J connectivity index is 2.06. The number of hydrogen-bond donors (Lipinski definition) is 0. The summed E-state index contributed by atoms with van der Waals surface area (Å²) >= 11 is 5.22. The smallest absolute Gasteiger partial charge is 0.147 e. The highest BCUT2D eigenvalue weighted by atomic mass is 79.9. The highest BCUT2D eigenvalue weighted by Crippen LogP contribution is 2.24. The lowest BCUT2D eigenvalue weighted by Gasteiger charge is -2.16. The molecule has 2 heterocycles. The molecule has 1 aliphatic rings. The second-order valence-corrected chi connectivity index (χ2v) is 5.24. The molecule has 1 atom stereocenters. The lowest BCUT2D eigenvalue weighted by atomic mass is 10.4. The molecule has 0 bridgehead atoms. The minimum absolute atomic E-state index is 0.750. The summed E-state index contributed by atoms with van der Waals surface area (Å²) in [7, 11) is 0. The average molecular weight is 274 g/mol. The fraction of sp³-hybridized carbons (Fsp3) is 0.556. The number of anilines is 1. The lowest BCUT2D eigenvalue weighted by molar-refractivity contribution is 0.924. The molecule has 0 radical (unpaired) electrons. The van der Waals surface area contributed by atoms with Gasteiger partial charge in [-0.3, -0.25) is 0 Å². The van der Waals surface area contributed by atoms with E-state index in [9.17, 15) is 0 Å². The Morgan fingerprint density at radius 3 is 2.93 bits per heavy atom. The third kappa shape index (κ3) is 2.20. The van der Waals surface area contributed by atoms with Crippen LogP contribution in [0.25, 0.3) is 0 Å². The zero-order chi connectivity index (χ0) is 9.97. The molecule has 1 aromatic heterocycles. The van der Waals surface area contributed by atoms with Crippen molar-refractivity contribution in [3.8, 4) is 0 Å². The van der Waals surface area contributed by atoms with Crippen LogP contribution >= 0.6 is 27.7 Å². The number of aromatic nitrogens is 2. The second-order valence-electron chi connectivity index (χ2n) is 3.29. The first kappa shape index (κ1) is 10.2. The van der Waals surface area contributed by atoms with E-state index in [2.05, 4.69) is 37.1 Å². The molecule has 0 aromatic carbocycles. The second kappa shape index (κ2) is 4.49. The molecular weight excluding hydrogens is 262 g/mol. The molecule has 3 nitrogen and oxygen atoms in total. The molecule has 0 saturated carbocycles. The van der Waals surface area contributed by atoms with Gasteiger partial charge in [-0.25, -0.2) is 9.97 Å². The van der Waals surface area contributed by atoms with Crippen LogP contribution in [0.2, 0.25) is 0 Å². The van der Waals surface area contributed by atoms with Crippen molar-refractivity contribution in [3.63, 3.8) is 0 Å². The van der Waals surface area contributed by atoms with Crippen molar-refractivity contribution in [1.82, 2.24) is 9.97 Å². The summed E-state index contributed by atoms with van der Waals surface area (Å²) in [6.07, 6.45) is 6.99. The lowest BCUT2D eigenvalue weighted by Crippen LogP contribution is -2.21. The zero-order valence-corrected chi connectivity index (χ0v) is 10.4. The van der Waals surface area contributed by atoms with Gasteiger partial charge in [-0.2, -0.15) is 11.8 Å². The van der Waals surface area contributed by atoms with Gasteiger partial charge in [-0.1, -0.05) is 0 Å². The highest BCUT2D eigenvalue weighted by Gasteiger charge is 2.22. The Labute approximate surface area is 96.4 Å². The van der Waals surface area contributed by atoms with Crippen LogP contribution in [0.4, 0.5) is 5.82 Å². The van der Waals surface area contributed by atoms with Crippen LogP contribution in [-0.2, 0) is 0 Å². The molecule has 1 unspecified atom stereocenters. The van der Waals surface area contributed by atoms with Crippen LogP contribution in [0, 0.1) is 0 Å². The highest BCUT2D eigenvalue weighted by molar-refractivity contribution is 9.10. The van der Waals surface area contributed by atoms with E-state index in [-0.39, 0.29) is 0 Å². The van der Waals surface area contributed by atoms with Gasteiger partial charge in [0.1, 0.15) is 10.4 Å². The quantitative estimate of drug-likeness (QED) is 0.826. The minimum Gasteiger partial charge on any atom is -0.354 e. The molecule has 5 heteroatoms. The molecule has 0 spiro atoms. The van der Waals surface area contributed by atoms with E-state index in [0.717, 1.165) is 28.8 Å². The van der Waals surface area contributed by atoms with E-state index in [1.54, 1.807) is 6.20 Å². The van der Waals surface area contributed by atoms with Crippen LogP contribution in [0.15, 0.2) is 17.0 Å². The zero-order valence-electron chi connectivity index (χ0n) is 7.98. The Morgan fingerprint density at radius 2 is 2.36 bits per heavy atom. The molecule has 0 amide bonds. The minimum atomic E-state index is 0.750. The van der Waals surface area contributed by atoms with E-state index < -0.39 is 0 Å². The van der Waals surface area contributed by atoms with Crippen molar-refractivity contribution in [2.45, 2.75) is 11.7 Å². The van der Waals surface area contributed by atoms with Crippen molar-refractivity contribution in [1.29, 1.82) is 0 Å². The van der Waals surface area contributed by atoms with Crippen LogP contribution in [0.1, 0.15) is 6.42 Å². The Bertz CT molecular complexity index is 303. The first-order chi connectivity index (χ1) is 6.79. The van der Waals surface area contributed by atoms with Gasteiger partial charge in [0, 0.05) is 18.3 Å². The van der Waals surface area contributed by atoms with E-state index >= 15 is 0 Å². The first-order valence-electron chi connectivity index (χ1n) is 4.55. The number of halogens is 1. The van der Waals surface area contributed by atoms with Gasteiger partial charge >= 0.3 is 0 Å². The van der Waals surface area contributed by atoms with E-state index in [1.807, 2.05) is 18.0 Å². The molecule has 1 fully saturated rings. The van der Waals surface area contributed by atoms with Crippen molar-refractivity contribution in [2.75, 3.05) is 24.2 Å². The van der Waals surface area contributed by atoms with Crippen molar-refractivity contribution >= 4 is 33.5 Å². The Morgan fingerprint density at radius 1 is 1.50 bits per heavy atom. The Hall–Kier alpha value is -0.290. The maximum atomic E-state index is 4.34.